The molecule has 0 aromatic rings. The number of fused-ring (bicyclic) bond motifs is 5. The van der Waals surface area contributed by atoms with Gasteiger partial charge in [-0.25, -0.2) is 0 Å². The maximum Gasteiger partial charge on any atom is 0.308 e. The summed E-state index contributed by atoms with van der Waals surface area (Å²) in [6, 6.07) is 0. The summed E-state index contributed by atoms with van der Waals surface area (Å²) in [4.78, 5) is 27.2. The molecule has 0 heterocycles. The molecule has 4 rings (SSSR count). The lowest BCUT2D eigenvalue weighted by atomic mass is 9.42. The highest BCUT2D eigenvalue weighted by Crippen LogP contribution is 2.68. The van der Waals surface area contributed by atoms with Crippen molar-refractivity contribution in [3.05, 3.63) is 0 Å². The van der Waals surface area contributed by atoms with Crippen LogP contribution in [0.1, 0.15) is 118 Å². The molecule has 4 N–H and O–H groups in total. The fourth-order valence-corrected chi connectivity index (χ4v) is 9.64. The number of aliphatic carboxylic acids is 1. The molecule has 9 atom stereocenters. The molecule has 0 saturated heterocycles. The fraction of sp³-hybridized carbons (Fsp3) is 0.938. The average Bonchev–Trinajstić information content (AvgIpc) is 3.17. The minimum absolute atomic E-state index is 0.0664. The summed E-state index contributed by atoms with van der Waals surface area (Å²) < 4.78 is 5.97. The molecule has 0 amide bonds. The Hall–Kier alpha value is -1.18. The van der Waals surface area contributed by atoms with Gasteiger partial charge in [0.15, 0.2) is 0 Å². The summed E-state index contributed by atoms with van der Waals surface area (Å²) >= 11 is 0. The molecular formula is C32H56N2O5. The van der Waals surface area contributed by atoms with Crippen LogP contribution in [0.5, 0.6) is 0 Å². The Morgan fingerprint density at radius 2 is 1.67 bits per heavy atom. The van der Waals surface area contributed by atoms with E-state index in [1.54, 1.807) is 0 Å². The molecule has 0 aromatic heterocycles. The van der Waals surface area contributed by atoms with Gasteiger partial charge in [-0.1, -0.05) is 40.5 Å². The van der Waals surface area contributed by atoms with Crippen molar-refractivity contribution in [2.75, 3.05) is 19.6 Å². The van der Waals surface area contributed by atoms with E-state index < -0.39 is 17.6 Å². The number of carboxylic acids is 1. The second kappa shape index (κ2) is 12.4. The van der Waals surface area contributed by atoms with E-state index in [9.17, 15) is 19.8 Å². The Morgan fingerprint density at radius 1 is 0.974 bits per heavy atom. The summed E-state index contributed by atoms with van der Waals surface area (Å²) in [5.41, 5.74) is 6.68. The quantitative estimate of drug-likeness (QED) is 0.281. The van der Waals surface area contributed by atoms with Crippen molar-refractivity contribution in [2.24, 2.45) is 40.2 Å². The van der Waals surface area contributed by atoms with Gasteiger partial charge in [-0.15, -0.1) is 0 Å². The topological polar surface area (TPSA) is 113 Å². The van der Waals surface area contributed by atoms with E-state index >= 15 is 0 Å². The van der Waals surface area contributed by atoms with Crippen LogP contribution in [0.4, 0.5) is 0 Å². The van der Waals surface area contributed by atoms with Crippen molar-refractivity contribution in [1.82, 2.24) is 4.90 Å². The van der Waals surface area contributed by atoms with Crippen LogP contribution in [0.2, 0.25) is 0 Å². The van der Waals surface area contributed by atoms with Crippen LogP contribution in [0.15, 0.2) is 0 Å². The largest absolute Gasteiger partial charge is 0.481 e. The smallest absolute Gasteiger partial charge is 0.308 e. The lowest BCUT2D eigenvalue weighted by Gasteiger charge is -2.64. The summed E-state index contributed by atoms with van der Waals surface area (Å²) in [5.74, 6) is 0.112. The number of aliphatic hydroxyl groups excluding tert-OH is 1. The zero-order chi connectivity index (χ0) is 28.4. The second-order valence-electron chi connectivity index (χ2n) is 14.2. The van der Waals surface area contributed by atoms with Crippen molar-refractivity contribution in [1.29, 1.82) is 0 Å². The van der Waals surface area contributed by atoms with Crippen LogP contribution in [0, 0.1) is 34.5 Å². The van der Waals surface area contributed by atoms with Gasteiger partial charge in [-0.05, 0) is 112 Å². The van der Waals surface area contributed by atoms with Gasteiger partial charge in [0.05, 0.1) is 18.4 Å². The molecule has 4 aliphatic carbocycles. The highest BCUT2D eigenvalue weighted by atomic mass is 16.5. The first-order valence-electron chi connectivity index (χ1n) is 16.1. The molecule has 4 fully saturated rings. The van der Waals surface area contributed by atoms with E-state index in [4.69, 9.17) is 10.5 Å². The van der Waals surface area contributed by atoms with Gasteiger partial charge in [-0.3, -0.25) is 9.59 Å². The first kappa shape index (κ1) is 30.8. The average molecular weight is 549 g/mol. The van der Waals surface area contributed by atoms with Crippen LogP contribution in [0.3, 0.4) is 0 Å². The number of hydrogen-bond donors (Lipinski definition) is 3. The zero-order valence-electron chi connectivity index (χ0n) is 25.1. The zero-order valence-corrected chi connectivity index (χ0v) is 25.1. The lowest BCUT2D eigenvalue weighted by Crippen LogP contribution is -2.66. The first-order chi connectivity index (χ1) is 18.5. The number of esters is 1. The van der Waals surface area contributed by atoms with Crippen molar-refractivity contribution in [3.63, 3.8) is 0 Å². The van der Waals surface area contributed by atoms with Crippen LogP contribution in [-0.4, -0.2) is 64.4 Å². The normalized spacial score (nSPS) is 40.4. The molecule has 4 aliphatic rings. The molecule has 4 unspecified atom stereocenters. The predicted octanol–water partition coefficient (Wildman–Crippen LogP) is 5.38. The third kappa shape index (κ3) is 5.92. The number of hydrogen-bond acceptors (Lipinski definition) is 6. The number of rotatable bonds is 12. The highest BCUT2D eigenvalue weighted by Gasteiger charge is 2.67. The minimum Gasteiger partial charge on any atom is -0.481 e. The van der Waals surface area contributed by atoms with Gasteiger partial charge in [-0.2, -0.15) is 0 Å². The molecule has 224 valence electrons. The summed E-state index contributed by atoms with van der Waals surface area (Å²) in [6.45, 7) is 11.4. The number of nitrogens with two attached hydrogens (primary N) is 1. The molecule has 0 aromatic carbocycles. The van der Waals surface area contributed by atoms with E-state index in [1.807, 2.05) is 0 Å². The molecule has 0 spiro atoms. The third-order valence-corrected chi connectivity index (χ3v) is 12.1. The predicted molar refractivity (Wildman–Crippen MR) is 153 cm³/mol. The molecular weight excluding hydrogens is 492 g/mol. The van der Waals surface area contributed by atoms with E-state index in [0.717, 1.165) is 90.1 Å². The van der Waals surface area contributed by atoms with Crippen molar-refractivity contribution < 1.29 is 24.5 Å². The van der Waals surface area contributed by atoms with Crippen LogP contribution in [-0.2, 0) is 14.3 Å². The van der Waals surface area contributed by atoms with E-state index in [2.05, 4.69) is 32.6 Å². The third-order valence-electron chi connectivity index (χ3n) is 12.1. The Kier molecular flexibility index (Phi) is 9.75. The summed E-state index contributed by atoms with van der Waals surface area (Å²) in [5, 5.41) is 20.6. The van der Waals surface area contributed by atoms with Gasteiger partial charge in [0.2, 0.25) is 0 Å². The molecule has 0 bridgehead atoms. The fourth-order valence-electron chi connectivity index (χ4n) is 9.64. The van der Waals surface area contributed by atoms with Gasteiger partial charge in [0.25, 0.3) is 0 Å². The summed E-state index contributed by atoms with van der Waals surface area (Å²) in [7, 11) is 0. The maximum atomic E-state index is 12.8. The van der Waals surface area contributed by atoms with E-state index in [1.165, 1.54) is 0 Å². The molecule has 7 nitrogen and oxygen atoms in total. The Bertz CT molecular complexity index is 859. The van der Waals surface area contributed by atoms with Gasteiger partial charge in [0, 0.05) is 12.1 Å². The molecule has 0 aliphatic heterocycles. The number of nitrogens with zero attached hydrogens (tertiary/aromatic N) is 1. The second-order valence-corrected chi connectivity index (χ2v) is 14.2. The lowest BCUT2D eigenvalue weighted by molar-refractivity contribution is -0.169. The van der Waals surface area contributed by atoms with Crippen molar-refractivity contribution in [2.45, 2.75) is 135 Å². The van der Waals surface area contributed by atoms with Crippen molar-refractivity contribution in [3.8, 4) is 0 Å². The summed E-state index contributed by atoms with van der Waals surface area (Å²) in [6.07, 6.45) is 12.1. The monoisotopic (exact) mass is 548 g/mol. The van der Waals surface area contributed by atoms with Gasteiger partial charge >= 0.3 is 11.9 Å². The number of unbranched alkanes of at least 4 members (excludes halogenated alkanes) is 2. The standard InChI is InChI=1S/C32H56N2O5/c1-5-7-17-34(18-8-6-2)21-23(35)20-28(36)39-24-11-14-30(3)22(19-24)9-10-26-25(30)12-15-31(4)27(29(37)38)13-16-32(26,31)33/h22-27,35H,5-21,33H2,1-4H3,(H,37,38)/t22?,23?,24?,25-,26-,27?,30+,31-,32-/m1/s1. The molecule has 4 saturated carbocycles. The number of carboxylic acid groups (broad SMARTS) is 1. The maximum absolute atomic E-state index is 12.8. The Labute approximate surface area is 236 Å². The van der Waals surface area contributed by atoms with Crippen LogP contribution < -0.4 is 5.73 Å². The SMILES string of the molecule is CCCCN(CCCC)CC(O)CC(=O)OC1CC[C@@]2(C)C(CC[C@@H]3[C@H]2CC[C@]2(C)C(C(=O)O)CC[C@@]32N)C1. The van der Waals surface area contributed by atoms with Crippen molar-refractivity contribution >= 4 is 11.9 Å². The number of carbonyl (C=O) groups excluding carboxylic acids is 1. The van der Waals surface area contributed by atoms with Gasteiger partial charge < -0.3 is 25.6 Å². The van der Waals surface area contributed by atoms with E-state index in [-0.39, 0.29) is 35.2 Å². The molecule has 39 heavy (non-hydrogen) atoms. The van der Waals surface area contributed by atoms with Crippen LogP contribution >= 0.6 is 0 Å². The van der Waals surface area contributed by atoms with E-state index in [0.29, 0.717) is 30.7 Å². The highest BCUT2D eigenvalue weighted by molar-refractivity contribution is 5.72. The minimum atomic E-state index is -0.686. The molecule has 7 heteroatoms. The first-order valence-corrected chi connectivity index (χ1v) is 16.1. The Balaban J connectivity index is 1.32. The number of aliphatic hydroxyl groups is 1. The Morgan fingerprint density at radius 3 is 2.31 bits per heavy atom. The van der Waals surface area contributed by atoms with Crippen LogP contribution in [0.25, 0.3) is 0 Å². The number of carbonyl (C=O) groups is 2. The number of ether oxygens (including phenoxy) is 1. The van der Waals surface area contributed by atoms with Gasteiger partial charge in [0.1, 0.15) is 6.10 Å². The molecule has 0 radical (unpaired) electrons.